The summed E-state index contributed by atoms with van der Waals surface area (Å²) in [5.74, 6) is 1.95. The maximum atomic E-state index is 13.0. The van der Waals surface area contributed by atoms with E-state index in [1.807, 2.05) is 0 Å². The highest BCUT2D eigenvalue weighted by Gasteiger charge is 2.51. The van der Waals surface area contributed by atoms with Gasteiger partial charge in [0.1, 0.15) is 6.04 Å². The van der Waals surface area contributed by atoms with Crippen molar-refractivity contribution in [3.05, 3.63) is 0 Å². The molecule has 1 unspecified atom stereocenters. The highest BCUT2D eigenvalue weighted by molar-refractivity contribution is 5.88. The molecule has 0 aromatic carbocycles. The Hall–Kier alpha value is -1.63. The first-order chi connectivity index (χ1) is 14.0. The van der Waals surface area contributed by atoms with Crippen molar-refractivity contribution < 1.29 is 19.1 Å². The smallest absolute Gasteiger partial charge is 0.305 e. The third-order valence-corrected chi connectivity index (χ3v) is 7.63. The molecule has 0 spiro atoms. The van der Waals surface area contributed by atoms with Gasteiger partial charge in [-0.2, -0.15) is 0 Å². The Kier molecular flexibility index (Phi) is 6.13. The van der Waals surface area contributed by atoms with Gasteiger partial charge >= 0.3 is 5.97 Å². The molecule has 4 aliphatic carbocycles. The molecule has 4 bridgehead atoms. The normalized spacial score (nSPS) is 34.0. The van der Waals surface area contributed by atoms with Gasteiger partial charge in [-0.15, -0.1) is 0 Å². The minimum atomic E-state index is -0.645. The zero-order valence-electron chi connectivity index (χ0n) is 17.6. The van der Waals surface area contributed by atoms with Crippen molar-refractivity contribution in [2.45, 2.75) is 63.8 Å². The molecule has 1 aliphatic heterocycles. The molecule has 2 amide bonds. The van der Waals surface area contributed by atoms with Crippen LogP contribution in [0.5, 0.6) is 0 Å². The molecule has 4 saturated carbocycles. The number of rotatable bonds is 7. The quantitative estimate of drug-likeness (QED) is 0.626. The van der Waals surface area contributed by atoms with Crippen LogP contribution in [-0.2, 0) is 19.1 Å². The number of hydrogen-bond donors (Lipinski definition) is 2. The Balaban J connectivity index is 1.38. The Labute approximate surface area is 173 Å². The van der Waals surface area contributed by atoms with Crippen LogP contribution in [0.25, 0.3) is 0 Å². The lowest BCUT2D eigenvalue weighted by molar-refractivity contribution is -0.143. The average molecular weight is 406 g/mol. The molecule has 0 aromatic heterocycles. The summed E-state index contributed by atoms with van der Waals surface area (Å²) in [4.78, 5) is 39.5. The van der Waals surface area contributed by atoms with Gasteiger partial charge in [-0.3, -0.25) is 14.4 Å². The third kappa shape index (κ3) is 4.76. The molecule has 1 atom stereocenters. The monoisotopic (exact) mass is 405 g/mol. The van der Waals surface area contributed by atoms with Crippen LogP contribution in [-0.4, -0.2) is 62.0 Å². The number of carbonyl (C=O) groups is 3. The minimum Gasteiger partial charge on any atom is -0.469 e. The summed E-state index contributed by atoms with van der Waals surface area (Å²) >= 11 is 0. The summed E-state index contributed by atoms with van der Waals surface area (Å²) in [6.07, 6.45) is 8.53. The predicted molar refractivity (Wildman–Crippen MR) is 108 cm³/mol. The van der Waals surface area contributed by atoms with Gasteiger partial charge < -0.3 is 20.3 Å². The molecule has 7 nitrogen and oxygen atoms in total. The van der Waals surface area contributed by atoms with E-state index in [9.17, 15) is 14.4 Å². The van der Waals surface area contributed by atoms with E-state index < -0.39 is 6.04 Å². The molecule has 5 aliphatic rings. The lowest BCUT2D eigenvalue weighted by atomic mass is 9.49. The fourth-order valence-electron chi connectivity index (χ4n) is 6.82. The molecule has 0 aromatic rings. The van der Waals surface area contributed by atoms with Gasteiger partial charge in [0.2, 0.25) is 11.8 Å². The second kappa shape index (κ2) is 8.62. The molecule has 7 heteroatoms. The summed E-state index contributed by atoms with van der Waals surface area (Å²) < 4.78 is 4.74. The van der Waals surface area contributed by atoms with Crippen molar-refractivity contribution >= 4 is 17.8 Å². The lowest BCUT2D eigenvalue weighted by Gasteiger charge is -2.56. The molecule has 1 heterocycles. The van der Waals surface area contributed by atoms with E-state index in [-0.39, 0.29) is 29.6 Å². The van der Waals surface area contributed by atoms with Crippen LogP contribution in [0.4, 0.5) is 0 Å². The Morgan fingerprint density at radius 1 is 1.07 bits per heavy atom. The largest absolute Gasteiger partial charge is 0.469 e. The summed E-state index contributed by atoms with van der Waals surface area (Å²) in [6, 6.07) is -0.645. The number of hydrogen-bond acceptors (Lipinski definition) is 5. The maximum absolute atomic E-state index is 13.0. The minimum absolute atomic E-state index is 0.0229. The van der Waals surface area contributed by atoms with E-state index in [0.29, 0.717) is 25.9 Å². The zero-order chi connectivity index (χ0) is 20.4. The SMILES string of the molecule is COC(=O)CCC(NC(=O)CC12CC3CC(CC(C3)C1)C2)C(=O)N1CCNCC1. The molecular formula is C22H35N3O4. The van der Waals surface area contributed by atoms with Gasteiger partial charge in [0.15, 0.2) is 0 Å². The predicted octanol–water partition coefficient (Wildman–Crippen LogP) is 1.46. The highest BCUT2D eigenvalue weighted by atomic mass is 16.5. The zero-order valence-corrected chi connectivity index (χ0v) is 17.6. The second-order valence-electron chi connectivity index (χ2n) is 9.90. The molecule has 29 heavy (non-hydrogen) atoms. The summed E-state index contributed by atoms with van der Waals surface area (Å²) in [6.45, 7) is 2.80. The molecule has 2 N–H and O–H groups in total. The van der Waals surface area contributed by atoms with Gasteiger partial charge in [-0.1, -0.05) is 0 Å². The molecule has 1 saturated heterocycles. The third-order valence-electron chi connectivity index (χ3n) is 7.63. The van der Waals surface area contributed by atoms with Crippen molar-refractivity contribution in [2.24, 2.45) is 23.2 Å². The van der Waals surface area contributed by atoms with Gasteiger partial charge in [-0.05, 0) is 68.1 Å². The number of piperazine rings is 1. The highest BCUT2D eigenvalue weighted by Crippen LogP contribution is 2.61. The number of ether oxygens (including phenoxy) is 1. The van der Waals surface area contributed by atoms with Crippen LogP contribution in [0.15, 0.2) is 0 Å². The Morgan fingerprint density at radius 2 is 1.66 bits per heavy atom. The van der Waals surface area contributed by atoms with Crippen LogP contribution < -0.4 is 10.6 Å². The fourth-order valence-corrected chi connectivity index (χ4v) is 6.82. The van der Waals surface area contributed by atoms with Crippen molar-refractivity contribution in [3.8, 4) is 0 Å². The molecule has 162 valence electrons. The average Bonchev–Trinajstić information content (AvgIpc) is 2.69. The summed E-state index contributed by atoms with van der Waals surface area (Å²) in [5, 5.41) is 6.25. The van der Waals surface area contributed by atoms with E-state index in [2.05, 4.69) is 10.6 Å². The van der Waals surface area contributed by atoms with Gasteiger partial charge in [0, 0.05) is 39.0 Å². The van der Waals surface area contributed by atoms with E-state index in [4.69, 9.17) is 4.74 Å². The van der Waals surface area contributed by atoms with Crippen molar-refractivity contribution in [1.82, 2.24) is 15.5 Å². The number of methoxy groups -OCH3 is 1. The second-order valence-corrected chi connectivity index (χ2v) is 9.90. The van der Waals surface area contributed by atoms with Crippen LogP contribution >= 0.6 is 0 Å². The van der Waals surface area contributed by atoms with Crippen LogP contribution in [0.3, 0.4) is 0 Å². The van der Waals surface area contributed by atoms with E-state index >= 15 is 0 Å². The molecule has 0 radical (unpaired) electrons. The van der Waals surface area contributed by atoms with Crippen LogP contribution in [0, 0.1) is 23.2 Å². The van der Waals surface area contributed by atoms with Gasteiger partial charge in [-0.25, -0.2) is 0 Å². The number of carbonyl (C=O) groups excluding carboxylic acids is 3. The molecule has 5 fully saturated rings. The van der Waals surface area contributed by atoms with Crippen molar-refractivity contribution in [3.63, 3.8) is 0 Å². The molecule has 5 rings (SSSR count). The van der Waals surface area contributed by atoms with Gasteiger partial charge in [0.25, 0.3) is 0 Å². The van der Waals surface area contributed by atoms with Crippen molar-refractivity contribution in [1.29, 1.82) is 0 Å². The topological polar surface area (TPSA) is 87.7 Å². The van der Waals surface area contributed by atoms with Crippen LogP contribution in [0.2, 0.25) is 0 Å². The Bertz CT molecular complexity index is 609. The van der Waals surface area contributed by atoms with Crippen LogP contribution in [0.1, 0.15) is 57.8 Å². The summed E-state index contributed by atoms with van der Waals surface area (Å²) in [7, 11) is 1.35. The van der Waals surface area contributed by atoms with Crippen molar-refractivity contribution in [2.75, 3.05) is 33.3 Å². The number of esters is 1. The lowest BCUT2D eigenvalue weighted by Crippen LogP contribution is -2.55. The van der Waals surface area contributed by atoms with Gasteiger partial charge in [0.05, 0.1) is 7.11 Å². The molecular weight excluding hydrogens is 370 g/mol. The number of nitrogens with one attached hydrogen (secondary N) is 2. The van der Waals surface area contributed by atoms with E-state index in [1.54, 1.807) is 4.90 Å². The maximum Gasteiger partial charge on any atom is 0.305 e. The first-order valence-electron chi connectivity index (χ1n) is 11.3. The number of amides is 2. The first kappa shape index (κ1) is 20.6. The Morgan fingerprint density at radius 3 is 2.21 bits per heavy atom. The number of nitrogens with zero attached hydrogens (tertiary/aromatic N) is 1. The summed E-state index contributed by atoms with van der Waals surface area (Å²) in [5.41, 5.74) is 0.143. The standard InChI is InChI=1S/C22H35N3O4/c1-29-20(27)3-2-18(21(28)25-6-4-23-5-7-25)24-19(26)14-22-11-15-8-16(12-22)10-17(9-15)13-22/h15-18,23H,2-14H2,1H3,(H,24,26). The first-order valence-corrected chi connectivity index (χ1v) is 11.3. The van der Waals surface area contributed by atoms with E-state index in [0.717, 1.165) is 30.8 Å². The van der Waals surface area contributed by atoms with E-state index in [1.165, 1.54) is 45.6 Å². The fraction of sp³-hybridized carbons (Fsp3) is 0.864.